The van der Waals surface area contributed by atoms with Crippen LogP contribution < -0.4 is 14.8 Å². The van der Waals surface area contributed by atoms with Gasteiger partial charge in [-0.25, -0.2) is 0 Å². The lowest BCUT2D eigenvalue weighted by Crippen LogP contribution is -2.52. The Kier molecular flexibility index (Phi) is 5.17. The maximum atomic E-state index is 12.2. The van der Waals surface area contributed by atoms with E-state index in [4.69, 9.17) is 14.6 Å². The Bertz CT molecular complexity index is 614. The van der Waals surface area contributed by atoms with Crippen molar-refractivity contribution in [1.29, 1.82) is 0 Å². The summed E-state index contributed by atoms with van der Waals surface area (Å²) in [5.74, 6) is 0.206. The molecule has 2 N–H and O–H groups in total. The Morgan fingerprint density at radius 1 is 1.12 bits per heavy atom. The smallest absolute Gasteiger partial charge is 0.311 e. The number of rotatable bonds is 4. The third-order valence-corrected chi connectivity index (χ3v) is 4.16. The number of nitrogens with one attached hydrogen (secondary N) is 1. The maximum Gasteiger partial charge on any atom is 0.311 e. The first kappa shape index (κ1) is 16.5. The van der Waals surface area contributed by atoms with Crippen LogP contribution >= 0.6 is 0 Å². The fourth-order valence-electron chi connectivity index (χ4n) is 2.77. The van der Waals surface area contributed by atoms with Crippen LogP contribution in [0, 0.1) is 0 Å². The van der Waals surface area contributed by atoms with E-state index in [2.05, 4.69) is 10.2 Å². The molecule has 24 heavy (non-hydrogen) atoms. The number of benzene rings is 1. The molecule has 0 unspecified atom stereocenters. The van der Waals surface area contributed by atoms with Crippen LogP contribution in [0.15, 0.2) is 18.2 Å². The van der Waals surface area contributed by atoms with Gasteiger partial charge in [-0.3, -0.25) is 14.5 Å². The lowest BCUT2D eigenvalue weighted by Gasteiger charge is -2.33. The first-order chi connectivity index (χ1) is 11.7. The average molecular weight is 335 g/mol. The van der Waals surface area contributed by atoms with Crippen LogP contribution in [-0.4, -0.2) is 72.8 Å². The number of carbonyl (C=O) groups excluding carboxylic acids is 2. The number of β-amino-alcohol motifs (C(OH)–C–C–N with tert-alkyl or cyclic N) is 1. The molecule has 130 valence electrons. The second-order valence-corrected chi connectivity index (χ2v) is 5.73. The predicted molar refractivity (Wildman–Crippen MR) is 84.5 cm³/mol. The van der Waals surface area contributed by atoms with E-state index in [0.29, 0.717) is 44.2 Å². The minimum absolute atomic E-state index is 0.101. The highest BCUT2D eigenvalue weighted by Crippen LogP contribution is 2.32. The zero-order valence-electron chi connectivity index (χ0n) is 13.4. The standard InChI is InChI=1S/C16H21N3O5/c20-8-7-18-3-5-19(6-4-18)16(22)15(21)17-10-12-1-2-13-14(9-12)24-11-23-13/h1-2,9,20H,3-8,10-11H2,(H,17,21). The molecule has 3 rings (SSSR count). The van der Waals surface area contributed by atoms with Crippen molar-refractivity contribution in [3.8, 4) is 11.5 Å². The quantitative estimate of drug-likeness (QED) is 0.698. The molecule has 2 heterocycles. The van der Waals surface area contributed by atoms with Gasteiger partial charge < -0.3 is 24.8 Å². The number of ether oxygens (including phenoxy) is 2. The van der Waals surface area contributed by atoms with Gasteiger partial charge >= 0.3 is 11.8 Å². The van der Waals surface area contributed by atoms with E-state index < -0.39 is 11.8 Å². The fraction of sp³-hybridized carbons (Fsp3) is 0.500. The third-order valence-electron chi connectivity index (χ3n) is 4.16. The topological polar surface area (TPSA) is 91.3 Å². The van der Waals surface area contributed by atoms with Crippen LogP contribution in [0.1, 0.15) is 5.56 Å². The summed E-state index contributed by atoms with van der Waals surface area (Å²) in [7, 11) is 0. The molecule has 2 aliphatic heterocycles. The first-order valence-electron chi connectivity index (χ1n) is 7.96. The Hall–Kier alpha value is -2.32. The summed E-state index contributed by atoms with van der Waals surface area (Å²) < 4.78 is 10.5. The molecule has 0 aromatic heterocycles. The van der Waals surface area contributed by atoms with E-state index in [1.54, 1.807) is 17.0 Å². The molecule has 0 radical (unpaired) electrons. The first-order valence-corrected chi connectivity index (χ1v) is 7.96. The van der Waals surface area contributed by atoms with Crippen LogP contribution in [-0.2, 0) is 16.1 Å². The summed E-state index contributed by atoms with van der Waals surface area (Å²) in [6.45, 7) is 3.48. The summed E-state index contributed by atoms with van der Waals surface area (Å²) in [6.07, 6.45) is 0. The molecule has 0 saturated carbocycles. The normalized spacial score (nSPS) is 17.0. The Labute approximate surface area is 139 Å². The molecular weight excluding hydrogens is 314 g/mol. The highest BCUT2D eigenvalue weighted by Gasteiger charge is 2.25. The number of aliphatic hydroxyl groups is 1. The second-order valence-electron chi connectivity index (χ2n) is 5.73. The summed E-state index contributed by atoms with van der Waals surface area (Å²) in [6, 6.07) is 5.40. The molecular formula is C16H21N3O5. The van der Waals surface area contributed by atoms with E-state index in [-0.39, 0.29) is 19.9 Å². The largest absolute Gasteiger partial charge is 0.454 e. The predicted octanol–water partition coefficient (Wildman–Crippen LogP) is -0.832. The van der Waals surface area contributed by atoms with Crippen LogP contribution in [0.4, 0.5) is 0 Å². The van der Waals surface area contributed by atoms with Crippen LogP contribution in [0.3, 0.4) is 0 Å². The molecule has 8 heteroatoms. The number of amides is 2. The van der Waals surface area contributed by atoms with Crippen LogP contribution in [0.5, 0.6) is 11.5 Å². The number of aliphatic hydroxyl groups excluding tert-OH is 1. The molecule has 2 aliphatic rings. The van der Waals surface area contributed by atoms with Crippen molar-refractivity contribution in [2.45, 2.75) is 6.54 Å². The van der Waals surface area contributed by atoms with Crippen LogP contribution in [0.25, 0.3) is 0 Å². The lowest BCUT2D eigenvalue weighted by atomic mass is 10.2. The monoisotopic (exact) mass is 335 g/mol. The summed E-state index contributed by atoms with van der Waals surface area (Å²) in [5, 5.41) is 11.6. The van der Waals surface area contributed by atoms with E-state index >= 15 is 0 Å². The van der Waals surface area contributed by atoms with E-state index in [1.165, 1.54) is 0 Å². The molecule has 1 aromatic rings. The highest BCUT2D eigenvalue weighted by atomic mass is 16.7. The zero-order chi connectivity index (χ0) is 16.9. The highest BCUT2D eigenvalue weighted by molar-refractivity contribution is 6.35. The van der Waals surface area contributed by atoms with Gasteiger partial charge in [0.15, 0.2) is 11.5 Å². The fourth-order valence-corrected chi connectivity index (χ4v) is 2.77. The van der Waals surface area contributed by atoms with Crippen LogP contribution in [0.2, 0.25) is 0 Å². The van der Waals surface area contributed by atoms with Gasteiger partial charge in [0.05, 0.1) is 6.61 Å². The van der Waals surface area contributed by atoms with Gasteiger partial charge in [0, 0.05) is 39.3 Å². The minimum Gasteiger partial charge on any atom is -0.454 e. The molecule has 8 nitrogen and oxygen atoms in total. The Morgan fingerprint density at radius 3 is 2.62 bits per heavy atom. The summed E-state index contributed by atoms with van der Waals surface area (Å²) in [4.78, 5) is 27.8. The zero-order valence-corrected chi connectivity index (χ0v) is 13.4. The molecule has 0 atom stereocenters. The molecule has 0 bridgehead atoms. The minimum atomic E-state index is -0.608. The number of carbonyl (C=O) groups is 2. The number of fused-ring (bicyclic) bond motifs is 1. The van der Waals surface area contributed by atoms with Crippen molar-refractivity contribution < 1.29 is 24.2 Å². The van der Waals surface area contributed by atoms with Gasteiger partial charge in [-0.2, -0.15) is 0 Å². The van der Waals surface area contributed by atoms with Crippen molar-refractivity contribution in [3.05, 3.63) is 23.8 Å². The molecule has 1 aromatic carbocycles. The lowest BCUT2D eigenvalue weighted by molar-refractivity contribution is -0.147. The Morgan fingerprint density at radius 2 is 1.88 bits per heavy atom. The van der Waals surface area contributed by atoms with Gasteiger partial charge in [-0.15, -0.1) is 0 Å². The SMILES string of the molecule is O=C(NCc1ccc2c(c1)OCO2)C(=O)N1CCN(CCO)CC1. The molecule has 1 fully saturated rings. The van der Waals surface area contributed by atoms with Crippen molar-refractivity contribution in [1.82, 2.24) is 15.1 Å². The number of nitrogens with zero attached hydrogens (tertiary/aromatic N) is 2. The Balaban J connectivity index is 1.47. The van der Waals surface area contributed by atoms with Gasteiger partial charge in [0.2, 0.25) is 6.79 Å². The average Bonchev–Trinajstić information content (AvgIpc) is 3.07. The van der Waals surface area contributed by atoms with E-state index in [9.17, 15) is 9.59 Å². The molecule has 0 spiro atoms. The van der Waals surface area contributed by atoms with E-state index in [1.807, 2.05) is 6.07 Å². The molecule has 0 aliphatic carbocycles. The van der Waals surface area contributed by atoms with E-state index in [0.717, 1.165) is 5.56 Å². The number of hydrogen-bond acceptors (Lipinski definition) is 6. The number of piperazine rings is 1. The molecule has 2 amide bonds. The van der Waals surface area contributed by atoms with Crippen molar-refractivity contribution in [2.24, 2.45) is 0 Å². The van der Waals surface area contributed by atoms with Gasteiger partial charge in [-0.1, -0.05) is 6.07 Å². The van der Waals surface area contributed by atoms with Crippen molar-refractivity contribution >= 4 is 11.8 Å². The molecule has 1 saturated heterocycles. The van der Waals surface area contributed by atoms with Gasteiger partial charge in [0.1, 0.15) is 0 Å². The second kappa shape index (κ2) is 7.50. The van der Waals surface area contributed by atoms with Crippen molar-refractivity contribution in [2.75, 3.05) is 46.1 Å². The summed E-state index contributed by atoms with van der Waals surface area (Å²) in [5.41, 5.74) is 0.841. The van der Waals surface area contributed by atoms with Gasteiger partial charge in [0.25, 0.3) is 0 Å². The third kappa shape index (κ3) is 3.77. The van der Waals surface area contributed by atoms with Gasteiger partial charge in [-0.05, 0) is 17.7 Å². The number of hydrogen-bond donors (Lipinski definition) is 2. The summed E-state index contributed by atoms with van der Waals surface area (Å²) >= 11 is 0. The van der Waals surface area contributed by atoms with Crippen molar-refractivity contribution in [3.63, 3.8) is 0 Å². The maximum absolute atomic E-state index is 12.2.